The highest BCUT2D eigenvalue weighted by Crippen LogP contribution is 2.58. The first-order valence-electron chi connectivity index (χ1n) is 36.0. The number of benzene rings is 2. The number of esters is 2. The van der Waals surface area contributed by atoms with E-state index in [1.165, 1.54) is 28.1 Å². The smallest absolute Gasteiger partial charge is 0.417 e. The number of pyridine rings is 2. The van der Waals surface area contributed by atoms with Gasteiger partial charge in [-0.1, -0.05) is 53.7 Å². The molecule has 560 valence electrons. The molecule has 104 heavy (non-hydrogen) atoms. The standard InChI is InChI=1S/C38H46F3N3O8S.C38H46N4O8S/c1-5-23-19-37(23,35(48)43-53(49,50)25-10-11-25)20-31(45)30-17-24-21-44(30)34(47)29(36(2,3)4)18-32(46)51-14-8-6-7-9-22-15-27-26(12-13-42-33(27)52-24)28(16-22)38(39,40)41;1-5-25-19-38(25,36(46)41-51(47,48)27-10-11-27)20-32(43)31-17-26-22-42(31)35(45)30(37(2,3)4)18-33(44)49-14-8-6-7-9-23-15-24(21-39)28-12-13-40-34(50-26)29(28)16-23/h5,12-13,15-16,23-25,29-30H,1,6-11,14,17-21H2,2-4H3,(H,43,48);5,12-13,15-16,25-27,30-31H,1,6-11,14,17-20,22H2,2-4H3,(H,41,46)/t23-,24-,29-,30+,37-;25-,26-,30-,31+,38-/m11/s1. The number of ketones is 2. The number of halogens is 3. The van der Waals surface area contributed by atoms with Gasteiger partial charge in [0, 0.05) is 59.6 Å². The van der Waals surface area contributed by atoms with Crippen LogP contribution in [0.2, 0.25) is 0 Å². The summed E-state index contributed by atoms with van der Waals surface area (Å²) in [6.07, 6.45) is 5.69. The van der Waals surface area contributed by atoms with E-state index in [0.717, 1.165) is 24.5 Å². The van der Waals surface area contributed by atoms with E-state index < -0.39 is 159 Å². The Balaban J connectivity index is 0.000000208. The van der Waals surface area contributed by atoms with Crippen LogP contribution < -0.4 is 18.9 Å². The number of rotatable bonds is 14. The third-order valence-electron chi connectivity index (χ3n) is 21.9. The van der Waals surface area contributed by atoms with Crippen LogP contribution in [-0.4, -0.2) is 145 Å². The molecule has 8 aliphatic rings. The number of hydrogen-bond acceptors (Lipinski definition) is 19. The van der Waals surface area contributed by atoms with E-state index in [2.05, 4.69) is 38.6 Å². The number of hydrogen-bond donors (Lipinski definition) is 2. The van der Waals surface area contributed by atoms with Gasteiger partial charge in [0.25, 0.3) is 0 Å². The molecule has 28 heteroatoms. The molecule has 8 bridgehead atoms. The second kappa shape index (κ2) is 29.9. The van der Waals surface area contributed by atoms with E-state index in [1.54, 1.807) is 45.2 Å². The molecule has 4 aliphatic carbocycles. The van der Waals surface area contributed by atoms with Gasteiger partial charge in [-0.25, -0.2) is 26.8 Å². The molecule has 0 unspecified atom stereocenters. The lowest BCUT2D eigenvalue weighted by atomic mass is 9.77. The van der Waals surface area contributed by atoms with Crippen LogP contribution in [0.1, 0.15) is 179 Å². The van der Waals surface area contributed by atoms with Crippen molar-refractivity contribution in [3.8, 4) is 17.8 Å². The summed E-state index contributed by atoms with van der Waals surface area (Å²) >= 11 is 0. The minimum atomic E-state index is -4.67. The molecule has 2 aromatic carbocycles. The van der Waals surface area contributed by atoms with Crippen LogP contribution in [-0.2, 0) is 86.9 Å². The first-order chi connectivity index (χ1) is 49.0. The molecule has 23 nitrogen and oxygen atoms in total. The van der Waals surface area contributed by atoms with Crippen LogP contribution in [0.25, 0.3) is 21.5 Å². The molecule has 4 aromatic rings. The fraction of sp³-hybridized carbons (Fsp3) is 0.592. The van der Waals surface area contributed by atoms with Crippen LogP contribution in [0.5, 0.6) is 11.8 Å². The molecule has 10 atom stereocenters. The Bertz CT molecular complexity index is 4390. The van der Waals surface area contributed by atoms with E-state index in [4.69, 9.17) is 18.9 Å². The number of nitriles is 1. The molecule has 2 aromatic heterocycles. The summed E-state index contributed by atoms with van der Waals surface area (Å²) in [4.78, 5) is 122. The van der Waals surface area contributed by atoms with Crippen molar-refractivity contribution >= 4 is 88.7 Å². The van der Waals surface area contributed by atoms with Gasteiger partial charge in [0.2, 0.25) is 55.4 Å². The van der Waals surface area contributed by atoms with E-state index in [-0.39, 0.29) is 100 Å². The van der Waals surface area contributed by atoms with Crippen LogP contribution >= 0.6 is 0 Å². The van der Waals surface area contributed by atoms with Crippen molar-refractivity contribution in [1.29, 1.82) is 5.26 Å². The minimum absolute atomic E-state index is 0.0138. The zero-order chi connectivity index (χ0) is 75.2. The van der Waals surface area contributed by atoms with Crippen molar-refractivity contribution in [2.45, 2.75) is 211 Å². The van der Waals surface area contributed by atoms with Crippen molar-refractivity contribution in [3.63, 3.8) is 0 Å². The van der Waals surface area contributed by atoms with Crippen molar-refractivity contribution < 1.29 is 87.3 Å². The second-order valence-corrected chi connectivity index (χ2v) is 35.6. The fourth-order valence-electron chi connectivity index (χ4n) is 15.2. The third kappa shape index (κ3) is 17.0. The molecule has 0 radical (unpaired) electrons. The highest BCUT2D eigenvalue weighted by molar-refractivity contribution is 7.91. The lowest BCUT2D eigenvalue weighted by Gasteiger charge is -2.34. The molecule has 4 amide bonds. The third-order valence-corrected chi connectivity index (χ3v) is 25.6. The Morgan fingerprint density at radius 2 is 1.03 bits per heavy atom. The average molecular weight is 1480 g/mol. The van der Waals surface area contributed by atoms with Crippen molar-refractivity contribution in [2.75, 3.05) is 26.3 Å². The Hall–Kier alpha value is -8.32. The number of nitrogens with zero attached hydrogens (tertiary/aromatic N) is 5. The minimum Gasteiger partial charge on any atom is -0.472 e. The van der Waals surface area contributed by atoms with Gasteiger partial charge in [0.15, 0.2) is 11.6 Å². The number of nitrogens with one attached hydrogen (secondary N) is 2. The van der Waals surface area contributed by atoms with Gasteiger partial charge in [-0.2, -0.15) is 18.4 Å². The summed E-state index contributed by atoms with van der Waals surface area (Å²) in [7, 11) is -7.77. The lowest BCUT2D eigenvalue weighted by molar-refractivity contribution is -0.153. The predicted octanol–water partition coefficient (Wildman–Crippen LogP) is 10.2. The summed E-state index contributed by atoms with van der Waals surface area (Å²) in [6.45, 7) is 18.7. The maximum Gasteiger partial charge on any atom is 0.417 e. The number of Topliss-reactive ketones (excluding diaryl/α,β-unsaturated/α-hetero) is 2. The molecule has 0 spiro atoms. The fourth-order valence-corrected chi connectivity index (χ4v) is 18.0. The highest BCUT2D eigenvalue weighted by Gasteiger charge is 2.63. The number of alkyl halides is 3. The van der Waals surface area contributed by atoms with Gasteiger partial charge in [0.05, 0.1) is 102 Å². The summed E-state index contributed by atoms with van der Waals surface area (Å²) in [6, 6.07) is 9.71. The quantitative estimate of drug-likeness (QED) is 0.0875. The van der Waals surface area contributed by atoms with Gasteiger partial charge >= 0.3 is 18.1 Å². The predicted molar refractivity (Wildman–Crippen MR) is 375 cm³/mol. The highest BCUT2D eigenvalue weighted by atomic mass is 32.2. The molecule has 2 saturated heterocycles. The van der Waals surface area contributed by atoms with E-state index in [1.807, 2.05) is 32.9 Å². The maximum atomic E-state index is 14.5. The van der Waals surface area contributed by atoms with Gasteiger partial charge in [-0.15, -0.1) is 13.2 Å². The number of ether oxygens (including phenoxy) is 4. The summed E-state index contributed by atoms with van der Waals surface area (Å²) in [5.41, 5.74) is -3.09. The molecular weight excluding hydrogens is 1390 g/mol. The first kappa shape index (κ1) is 76.8. The van der Waals surface area contributed by atoms with Gasteiger partial charge in [0.1, 0.15) is 12.2 Å². The van der Waals surface area contributed by atoms with Crippen molar-refractivity contribution in [3.05, 3.63) is 96.4 Å². The van der Waals surface area contributed by atoms with Crippen molar-refractivity contribution in [2.24, 2.45) is 45.3 Å². The lowest BCUT2D eigenvalue weighted by Crippen LogP contribution is -2.48. The monoisotopic (exact) mass is 1480 g/mol. The SMILES string of the molecule is C=C[C@@H]1C[C@]1(CC(=O)[C@@H]1C[C@@H]2CN1C(=O)[C@H](C(C)(C)C)CC(=O)OCCCCCc1cc(C#N)c3ccnc(c3c1)O2)C(=O)NS(=O)(=O)C1CC1.C=C[C@@H]1C[C@]1(CC(=O)[C@@H]1C[C@@H]2CN1C(=O)[C@H](C(C)(C)C)CC(=O)OCCCCCc1cc(C(F)(F)F)c3ccnc(c3c1)O2)C(=O)NS(=O)(=O)C1CC1. The Kier molecular flexibility index (Phi) is 22.1. The van der Waals surface area contributed by atoms with Gasteiger partial charge < -0.3 is 28.7 Å². The first-order valence-corrected chi connectivity index (χ1v) is 39.1. The molecule has 12 rings (SSSR count). The molecule has 4 aliphatic heterocycles. The molecule has 6 heterocycles. The normalized spacial score (nSPS) is 27.4. The van der Waals surface area contributed by atoms with E-state index >= 15 is 0 Å². The second-order valence-electron chi connectivity index (χ2n) is 31.6. The zero-order valence-electron chi connectivity index (χ0n) is 59.7. The maximum absolute atomic E-state index is 14.5. The number of aryl methyl sites for hydroxylation is 2. The van der Waals surface area contributed by atoms with Gasteiger partial charge in [-0.3, -0.25) is 47.8 Å². The van der Waals surface area contributed by atoms with Crippen LogP contribution in [0.15, 0.2) is 74.1 Å². The number of aromatic nitrogens is 2. The van der Waals surface area contributed by atoms with Crippen LogP contribution in [0.4, 0.5) is 13.2 Å². The van der Waals surface area contributed by atoms with Crippen molar-refractivity contribution in [1.82, 2.24) is 29.2 Å². The van der Waals surface area contributed by atoms with E-state index in [0.29, 0.717) is 86.1 Å². The Morgan fingerprint density at radius 1 is 0.615 bits per heavy atom. The summed E-state index contributed by atoms with van der Waals surface area (Å²) in [5, 5.41) is 10.1. The number of sulfonamides is 2. The molecular formula is C76H92F3N7O16S2. The number of fused-ring (bicyclic) bond motifs is 6. The molecule has 6 fully saturated rings. The number of allylic oxidation sites excluding steroid dienone is 2. The Labute approximate surface area is 604 Å². The number of carbonyl (C=O) groups excluding carboxylic acids is 8. The number of amides is 4. The Morgan fingerprint density at radius 3 is 1.41 bits per heavy atom. The van der Waals surface area contributed by atoms with Crippen LogP contribution in [0, 0.1) is 56.7 Å². The number of carbonyl (C=O) groups is 8. The largest absolute Gasteiger partial charge is 0.472 e. The molecule has 4 saturated carbocycles. The average Bonchev–Trinajstić information content (AvgIpc) is 1.68. The summed E-state index contributed by atoms with van der Waals surface area (Å²) in [5.74, 6) is -6.87. The van der Waals surface area contributed by atoms with Gasteiger partial charge in [-0.05, 0) is 160 Å². The zero-order valence-corrected chi connectivity index (χ0v) is 61.3. The molecule has 2 N–H and O–H groups in total. The topological polar surface area (TPSA) is 322 Å². The van der Waals surface area contributed by atoms with Crippen LogP contribution in [0.3, 0.4) is 0 Å². The van der Waals surface area contributed by atoms with E-state index in [9.17, 15) is 73.6 Å². The number of cyclic esters (lactones) is 2. The summed E-state index contributed by atoms with van der Waals surface area (Å²) < 4.78 is 122.